The number of rotatable bonds is 3. The molecule has 0 spiro atoms. The van der Waals surface area contributed by atoms with Gasteiger partial charge in [-0.3, -0.25) is 15.0 Å². The Hall–Kier alpha value is -4.11. The number of pyridine rings is 1. The second-order valence-electron chi connectivity index (χ2n) is 6.67. The van der Waals surface area contributed by atoms with E-state index in [1.54, 1.807) is 48.7 Å². The molecular formula is C21H12ClFN6O2. The third-order valence-corrected chi connectivity index (χ3v) is 5.00. The topological polar surface area (TPSA) is 94.2 Å². The van der Waals surface area contributed by atoms with Crippen LogP contribution in [0.4, 0.5) is 4.39 Å². The molecule has 2 aromatic carbocycles. The van der Waals surface area contributed by atoms with E-state index in [4.69, 9.17) is 11.6 Å². The van der Waals surface area contributed by atoms with Gasteiger partial charge in [0.25, 0.3) is 11.5 Å². The van der Waals surface area contributed by atoms with Crippen molar-refractivity contribution in [3.05, 3.63) is 93.7 Å². The number of fused-ring (bicyclic) bond motifs is 3. The number of carbonyl (C=O) groups excluding carboxylic acids is 1. The second-order valence-corrected chi connectivity index (χ2v) is 7.11. The van der Waals surface area contributed by atoms with Crippen LogP contribution in [0.3, 0.4) is 0 Å². The summed E-state index contributed by atoms with van der Waals surface area (Å²) in [6, 6.07) is 13.8. The van der Waals surface area contributed by atoms with Gasteiger partial charge >= 0.3 is 0 Å². The lowest BCUT2D eigenvalue weighted by Crippen LogP contribution is -2.33. The largest absolute Gasteiger partial charge is 0.299 e. The smallest absolute Gasteiger partial charge is 0.267 e. The fourth-order valence-corrected chi connectivity index (χ4v) is 3.31. The minimum atomic E-state index is -0.562. The molecule has 0 aliphatic carbocycles. The van der Waals surface area contributed by atoms with Gasteiger partial charge in [-0.25, -0.2) is 13.6 Å². The lowest BCUT2D eigenvalue weighted by molar-refractivity contribution is 0.101. The zero-order chi connectivity index (χ0) is 21.5. The zero-order valence-electron chi connectivity index (χ0n) is 15.7. The van der Waals surface area contributed by atoms with Gasteiger partial charge in [0, 0.05) is 22.3 Å². The van der Waals surface area contributed by atoms with Gasteiger partial charge in [-0.05, 0) is 48.0 Å². The summed E-state index contributed by atoms with van der Waals surface area (Å²) in [6.07, 6.45) is 2.99. The Kier molecular flexibility index (Phi) is 4.45. The van der Waals surface area contributed by atoms with Crippen molar-refractivity contribution in [3.63, 3.8) is 0 Å². The number of benzene rings is 2. The van der Waals surface area contributed by atoms with Crippen LogP contribution in [0, 0.1) is 5.82 Å². The normalized spacial score (nSPS) is 11.2. The summed E-state index contributed by atoms with van der Waals surface area (Å²) in [5.74, 6) is -0.831. The molecule has 3 aromatic heterocycles. The minimum Gasteiger partial charge on any atom is -0.267 e. The maximum Gasteiger partial charge on any atom is 0.299 e. The number of nitrogens with one attached hydrogen (secondary N) is 1. The van der Waals surface area contributed by atoms with Gasteiger partial charge in [0.05, 0.1) is 6.20 Å². The molecule has 8 nitrogen and oxygen atoms in total. The lowest BCUT2D eigenvalue weighted by Gasteiger charge is -2.09. The molecule has 0 aliphatic rings. The number of carbonyl (C=O) groups is 1. The first-order valence-corrected chi connectivity index (χ1v) is 9.48. The zero-order valence-corrected chi connectivity index (χ0v) is 16.4. The molecule has 5 aromatic rings. The van der Waals surface area contributed by atoms with E-state index in [0.717, 1.165) is 4.68 Å². The predicted molar refractivity (Wildman–Crippen MR) is 113 cm³/mol. The maximum absolute atomic E-state index is 13.2. The number of nitrogens with zero attached hydrogens (tertiary/aromatic N) is 5. The fourth-order valence-electron chi connectivity index (χ4n) is 3.19. The molecule has 5 rings (SSSR count). The van der Waals surface area contributed by atoms with Crippen molar-refractivity contribution in [2.24, 2.45) is 0 Å². The van der Waals surface area contributed by atoms with Crippen LogP contribution in [-0.2, 0) is 0 Å². The SMILES string of the molecule is O=C(Nn1ccc2c(nnc3c(-c4ccc(F)cc4)cnn32)c1=O)c1ccc(Cl)cc1. The van der Waals surface area contributed by atoms with E-state index in [-0.39, 0.29) is 11.3 Å². The van der Waals surface area contributed by atoms with Gasteiger partial charge < -0.3 is 0 Å². The summed E-state index contributed by atoms with van der Waals surface area (Å²) in [7, 11) is 0. The first kappa shape index (κ1) is 18.9. The van der Waals surface area contributed by atoms with Crippen LogP contribution in [0.2, 0.25) is 5.02 Å². The number of aromatic nitrogens is 5. The Morgan fingerprint density at radius 3 is 2.48 bits per heavy atom. The molecule has 0 aliphatic heterocycles. The molecule has 1 amide bonds. The van der Waals surface area contributed by atoms with Gasteiger partial charge in [0.2, 0.25) is 0 Å². The predicted octanol–water partition coefficient (Wildman–Crippen LogP) is 3.28. The Morgan fingerprint density at radius 2 is 1.74 bits per heavy atom. The van der Waals surface area contributed by atoms with Gasteiger partial charge in [0.15, 0.2) is 11.2 Å². The van der Waals surface area contributed by atoms with E-state index in [0.29, 0.717) is 32.9 Å². The molecular weight excluding hydrogens is 423 g/mol. The summed E-state index contributed by atoms with van der Waals surface area (Å²) in [4.78, 5) is 25.3. The van der Waals surface area contributed by atoms with Crippen molar-refractivity contribution >= 4 is 34.2 Å². The van der Waals surface area contributed by atoms with Crippen LogP contribution in [0.5, 0.6) is 0 Å². The average molecular weight is 435 g/mol. The number of hydrogen-bond donors (Lipinski definition) is 1. The third kappa shape index (κ3) is 3.30. The Morgan fingerprint density at radius 1 is 1.00 bits per heavy atom. The van der Waals surface area contributed by atoms with Gasteiger partial charge in [-0.1, -0.05) is 23.7 Å². The molecule has 0 saturated heterocycles. The van der Waals surface area contributed by atoms with E-state index in [9.17, 15) is 14.0 Å². The van der Waals surface area contributed by atoms with Crippen molar-refractivity contribution in [2.45, 2.75) is 0 Å². The molecule has 10 heteroatoms. The molecule has 0 fully saturated rings. The van der Waals surface area contributed by atoms with Gasteiger partial charge in [-0.15, -0.1) is 10.2 Å². The standard InChI is InChI=1S/C21H12ClFN6O2/c22-14-5-1-13(2-6-14)20(30)27-28-10-9-17-18(21(28)31)25-26-19-16(11-24-29(17)19)12-3-7-15(23)8-4-12/h1-11H,(H,27,30). The van der Waals surface area contributed by atoms with Crippen LogP contribution in [0.1, 0.15) is 10.4 Å². The third-order valence-electron chi connectivity index (χ3n) is 4.75. The van der Waals surface area contributed by atoms with Crippen LogP contribution >= 0.6 is 11.6 Å². The summed E-state index contributed by atoms with van der Waals surface area (Å²) >= 11 is 5.84. The van der Waals surface area contributed by atoms with Crippen LogP contribution in [-0.4, -0.2) is 30.4 Å². The van der Waals surface area contributed by atoms with Gasteiger partial charge in [0.1, 0.15) is 11.3 Å². The van der Waals surface area contributed by atoms with E-state index < -0.39 is 11.5 Å². The Labute approximate surface area is 178 Å². The highest BCUT2D eigenvalue weighted by atomic mass is 35.5. The van der Waals surface area contributed by atoms with E-state index in [2.05, 4.69) is 20.7 Å². The van der Waals surface area contributed by atoms with E-state index in [1.807, 2.05) is 0 Å². The molecule has 31 heavy (non-hydrogen) atoms. The number of amides is 1. The van der Waals surface area contributed by atoms with Crippen LogP contribution < -0.4 is 11.0 Å². The molecule has 0 bridgehead atoms. The molecule has 0 saturated carbocycles. The quantitative estimate of drug-likeness (QED) is 0.470. The highest BCUT2D eigenvalue weighted by Gasteiger charge is 2.15. The number of hydrogen-bond acceptors (Lipinski definition) is 5. The highest BCUT2D eigenvalue weighted by Crippen LogP contribution is 2.24. The summed E-state index contributed by atoms with van der Waals surface area (Å²) in [6.45, 7) is 0. The number of halogens is 2. The molecule has 1 N–H and O–H groups in total. The van der Waals surface area contributed by atoms with Crippen LogP contribution in [0.15, 0.2) is 71.8 Å². The molecule has 0 radical (unpaired) electrons. The van der Waals surface area contributed by atoms with Crippen LogP contribution in [0.25, 0.3) is 27.8 Å². The molecule has 0 unspecified atom stereocenters. The second kappa shape index (κ2) is 7.29. The fraction of sp³-hybridized carbons (Fsp3) is 0. The first-order valence-electron chi connectivity index (χ1n) is 9.10. The summed E-state index contributed by atoms with van der Waals surface area (Å²) < 4.78 is 15.7. The van der Waals surface area contributed by atoms with Crippen molar-refractivity contribution in [2.75, 3.05) is 5.43 Å². The Balaban J connectivity index is 1.55. The van der Waals surface area contributed by atoms with Crippen molar-refractivity contribution < 1.29 is 9.18 Å². The summed E-state index contributed by atoms with van der Waals surface area (Å²) in [5, 5.41) is 13.0. The van der Waals surface area contributed by atoms with Crippen molar-refractivity contribution in [1.82, 2.24) is 24.5 Å². The summed E-state index contributed by atoms with van der Waals surface area (Å²) in [5.41, 5.74) is 4.52. The Bertz CT molecular complexity index is 1510. The average Bonchev–Trinajstić information content (AvgIpc) is 3.21. The van der Waals surface area contributed by atoms with Crippen molar-refractivity contribution in [1.29, 1.82) is 0 Å². The van der Waals surface area contributed by atoms with Gasteiger partial charge in [-0.2, -0.15) is 5.10 Å². The lowest BCUT2D eigenvalue weighted by atomic mass is 10.1. The van der Waals surface area contributed by atoms with Crippen molar-refractivity contribution in [3.8, 4) is 11.1 Å². The highest BCUT2D eigenvalue weighted by molar-refractivity contribution is 6.30. The minimum absolute atomic E-state index is 0.0279. The first-order chi connectivity index (χ1) is 15.0. The monoisotopic (exact) mass is 434 g/mol. The van der Waals surface area contributed by atoms with E-state index in [1.165, 1.54) is 22.8 Å². The maximum atomic E-state index is 13.2. The van der Waals surface area contributed by atoms with E-state index >= 15 is 0 Å². The molecule has 3 heterocycles. The molecule has 0 atom stereocenters. The molecule has 152 valence electrons.